The number of ketones is 1. The summed E-state index contributed by atoms with van der Waals surface area (Å²) >= 11 is 0. The monoisotopic (exact) mass is 434 g/mol. The van der Waals surface area contributed by atoms with Gasteiger partial charge in [-0.2, -0.15) is 0 Å². The van der Waals surface area contributed by atoms with Gasteiger partial charge < -0.3 is 28.4 Å². The molecule has 0 aromatic heterocycles. The first-order valence-corrected chi connectivity index (χ1v) is 9.20. The lowest BCUT2D eigenvalue weighted by molar-refractivity contribution is -0.151. The number of rotatable bonds is 7. The Balaban J connectivity index is 2.44. The van der Waals surface area contributed by atoms with E-state index in [4.69, 9.17) is 28.4 Å². The molecular formula is C22H23FO8. The number of ether oxygens (including phenoxy) is 6. The molecule has 0 aliphatic heterocycles. The Morgan fingerprint density at radius 1 is 0.871 bits per heavy atom. The summed E-state index contributed by atoms with van der Waals surface area (Å²) in [6.07, 6.45) is 0. The minimum Gasteiger partial charge on any atom is -0.496 e. The molecule has 8 nitrogen and oxygen atoms in total. The van der Waals surface area contributed by atoms with Crippen LogP contribution in [0.25, 0.3) is 0 Å². The molecule has 2 atom stereocenters. The Labute approximate surface area is 178 Å². The van der Waals surface area contributed by atoms with Gasteiger partial charge >= 0.3 is 5.97 Å². The summed E-state index contributed by atoms with van der Waals surface area (Å²) in [5, 5.41) is 0. The van der Waals surface area contributed by atoms with Gasteiger partial charge in [0.05, 0.1) is 54.1 Å². The number of halogens is 1. The van der Waals surface area contributed by atoms with Gasteiger partial charge in [0.15, 0.2) is 11.5 Å². The molecule has 0 unspecified atom stereocenters. The molecule has 1 aliphatic carbocycles. The molecule has 9 heteroatoms. The predicted molar refractivity (Wildman–Crippen MR) is 108 cm³/mol. The van der Waals surface area contributed by atoms with Crippen molar-refractivity contribution in [1.29, 1.82) is 0 Å². The molecule has 2 aromatic carbocycles. The lowest BCUT2D eigenvalue weighted by Crippen LogP contribution is -2.44. The van der Waals surface area contributed by atoms with E-state index < -0.39 is 23.3 Å². The van der Waals surface area contributed by atoms with Crippen molar-refractivity contribution in [2.75, 3.05) is 42.7 Å². The molecule has 0 saturated heterocycles. The van der Waals surface area contributed by atoms with Crippen LogP contribution in [-0.4, -0.2) is 60.1 Å². The van der Waals surface area contributed by atoms with Gasteiger partial charge in [-0.05, 0) is 11.6 Å². The molecule has 1 aliphatic rings. The van der Waals surface area contributed by atoms with Crippen molar-refractivity contribution in [3.05, 3.63) is 41.0 Å². The summed E-state index contributed by atoms with van der Waals surface area (Å²) in [7, 11) is 7.93. The highest BCUT2D eigenvalue weighted by atomic mass is 19.1. The van der Waals surface area contributed by atoms with Gasteiger partial charge in [-0.3, -0.25) is 4.79 Å². The number of hydrogen-bond donors (Lipinski definition) is 0. The highest BCUT2D eigenvalue weighted by Gasteiger charge is 2.63. The molecule has 0 saturated carbocycles. The standard InChI is InChI=1S/C22H23FO8/c1-26-11-9-14(28-3)17(15(10-11)29-4)18-12-7-8-13(27-2)19(30-5)16(12)20(24)22(18,23)21(25)31-6/h7-10,18H,1-6H3/t18-,22-/m0/s1. The fourth-order valence-electron chi connectivity index (χ4n) is 3.97. The van der Waals surface area contributed by atoms with Crippen molar-refractivity contribution in [1.82, 2.24) is 0 Å². The van der Waals surface area contributed by atoms with Gasteiger partial charge in [-0.25, -0.2) is 9.18 Å². The number of Topliss-reactive ketones (excluding diaryl/α,β-unsaturated/α-hetero) is 1. The quantitative estimate of drug-likeness (QED) is 0.486. The summed E-state index contributed by atoms with van der Waals surface area (Å²) in [5.41, 5.74) is -2.85. The van der Waals surface area contributed by atoms with Crippen LogP contribution in [0.5, 0.6) is 28.7 Å². The summed E-state index contributed by atoms with van der Waals surface area (Å²) < 4.78 is 48.0. The molecule has 2 aromatic rings. The third-order valence-electron chi connectivity index (χ3n) is 5.37. The Bertz CT molecular complexity index is 1010. The molecule has 166 valence electrons. The fraction of sp³-hybridized carbons (Fsp3) is 0.364. The maximum atomic E-state index is 16.5. The molecule has 0 radical (unpaired) electrons. The lowest BCUT2D eigenvalue weighted by atomic mass is 9.82. The first-order chi connectivity index (χ1) is 14.8. The minimum atomic E-state index is -3.09. The molecule has 0 N–H and O–H groups in total. The summed E-state index contributed by atoms with van der Waals surface area (Å²) in [4.78, 5) is 26.0. The van der Waals surface area contributed by atoms with Crippen LogP contribution in [0.15, 0.2) is 24.3 Å². The van der Waals surface area contributed by atoms with Crippen LogP contribution in [0.2, 0.25) is 0 Å². The van der Waals surface area contributed by atoms with Crippen LogP contribution < -0.4 is 23.7 Å². The summed E-state index contributed by atoms with van der Waals surface area (Å²) in [5.74, 6) is -2.92. The number of methoxy groups -OCH3 is 6. The number of carbonyl (C=O) groups is 2. The molecule has 0 spiro atoms. The van der Waals surface area contributed by atoms with E-state index in [-0.39, 0.29) is 39.7 Å². The van der Waals surface area contributed by atoms with E-state index in [1.54, 1.807) is 0 Å². The van der Waals surface area contributed by atoms with Gasteiger partial charge in [0.25, 0.3) is 5.67 Å². The zero-order valence-corrected chi connectivity index (χ0v) is 18.0. The number of alkyl halides is 1. The summed E-state index contributed by atoms with van der Waals surface area (Å²) in [6.45, 7) is 0. The van der Waals surface area contributed by atoms with E-state index in [1.165, 1.54) is 59.8 Å². The van der Waals surface area contributed by atoms with E-state index in [9.17, 15) is 9.59 Å². The van der Waals surface area contributed by atoms with Crippen LogP contribution in [0.3, 0.4) is 0 Å². The SMILES string of the molecule is COC(=O)[C@@]1(F)C(=O)c2c(ccc(OC)c2OC)[C@H]1c1c(OC)cc(OC)cc1OC. The van der Waals surface area contributed by atoms with E-state index in [0.29, 0.717) is 5.75 Å². The maximum Gasteiger partial charge on any atom is 0.352 e. The molecule has 0 fully saturated rings. The predicted octanol–water partition coefficient (Wildman–Crippen LogP) is 2.94. The van der Waals surface area contributed by atoms with Crippen molar-refractivity contribution in [3.63, 3.8) is 0 Å². The van der Waals surface area contributed by atoms with Gasteiger partial charge in [0.2, 0.25) is 5.78 Å². The van der Waals surface area contributed by atoms with Gasteiger partial charge in [0.1, 0.15) is 17.2 Å². The number of carbonyl (C=O) groups excluding carboxylic acids is 2. The van der Waals surface area contributed by atoms with Crippen molar-refractivity contribution >= 4 is 11.8 Å². The average Bonchev–Trinajstić information content (AvgIpc) is 3.04. The Kier molecular flexibility index (Phi) is 5.97. The van der Waals surface area contributed by atoms with Crippen molar-refractivity contribution in [2.24, 2.45) is 0 Å². The second kappa shape index (κ2) is 8.33. The van der Waals surface area contributed by atoms with Gasteiger partial charge in [0, 0.05) is 17.7 Å². The van der Waals surface area contributed by atoms with E-state index >= 15 is 4.39 Å². The Hall–Kier alpha value is -3.49. The van der Waals surface area contributed by atoms with Crippen LogP contribution in [0, 0.1) is 0 Å². The van der Waals surface area contributed by atoms with Gasteiger partial charge in [-0.1, -0.05) is 6.07 Å². The molecular weight excluding hydrogens is 411 g/mol. The number of esters is 1. The van der Waals surface area contributed by atoms with E-state index in [1.807, 2.05) is 0 Å². The number of hydrogen-bond acceptors (Lipinski definition) is 8. The summed E-state index contributed by atoms with van der Waals surface area (Å²) in [6, 6.07) is 6.06. The first-order valence-electron chi connectivity index (χ1n) is 9.20. The third-order valence-corrected chi connectivity index (χ3v) is 5.37. The fourth-order valence-corrected chi connectivity index (χ4v) is 3.97. The van der Waals surface area contributed by atoms with Crippen molar-refractivity contribution in [2.45, 2.75) is 11.6 Å². The second-order valence-electron chi connectivity index (χ2n) is 6.68. The van der Waals surface area contributed by atoms with Crippen LogP contribution in [0.4, 0.5) is 4.39 Å². The number of fused-ring (bicyclic) bond motifs is 1. The second-order valence-corrected chi connectivity index (χ2v) is 6.68. The first kappa shape index (κ1) is 22.2. The van der Waals surface area contributed by atoms with Crippen molar-refractivity contribution < 1.29 is 42.4 Å². The van der Waals surface area contributed by atoms with Gasteiger partial charge in [-0.15, -0.1) is 0 Å². The zero-order valence-electron chi connectivity index (χ0n) is 18.0. The van der Waals surface area contributed by atoms with E-state index in [0.717, 1.165) is 7.11 Å². The highest BCUT2D eigenvalue weighted by Crippen LogP contribution is 2.56. The topological polar surface area (TPSA) is 89.5 Å². The van der Waals surface area contributed by atoms with Crippen molar-refractivity contribution in [3.8, 4) is 28.7 Å². The van der Waals surface area contributed by atoms with Crippen LogP contribution in [-0.2, 0) is 9.53 Å². The lowest BCUT2D eigenvalue weighted by Gasteiger charge is -2.27. The smallest absolute Gasteiger partial charge is 0.352 e. The van der Waals surface area contributed by atoms with Crippen LogP contribution in [0.1, 0.15) is 27.4 Å². The zero-order chi connectivity index (χ0) is 22.9. The largest absolute Gasteiger partial charge is 0.496 e. The minimum absolute atomic E-state index is 0.0184. The average molecular weight is 434 g/mol. The maximum absolute atomic E-state index is 16.5. The molecule has 0 heterocycles. The Morgan fingerprint density at radius 3 is 1.90 bits per heavy atom. The molecule has 31 heavy (non-hydrogen) atoms. The normalized spacial score (nSPS) is 19.5. The molecule has 3 rings (SSSR count). The Morgan fingerprint density at radius 2 is 1.45 bits per heavy atom. The highest BCUT2D eigenvalue weighted by molar-refractivity contribution is 6.22. The number of benzene rings is 2. The molecule has 0 bridgehead atoms. The molecule has 0 amide bonds. The van der Waals surface area contributed by atoms with E-state index in [2.05, 4.69) is 0 Å². The third kappa shape index (κ3) is 3.11. The van der Waals surface area contributed by atoms with Crippen LogP contribution >= 0.6 is 0 Å².